The van der Waals surface area contributed by atoms with Crippen LogP contribution in [0.2, 0.25) is 0 Å². The molecule has 0 radical (unpaired) electrons. The number of aliphatic hydroxyl groups is 1. The molecular weight excluding hydrogens is 288 g/mol. The lowest BCUT2D eigenvalue weighted by atomic mass is 10.1. The summed E-state index contributed by atoms with van der Waals surface area (Å²) in [7, 11) is 0. The Morgan fingerprint density at radius 1 is 1.48 bits per heavy atom. The zero-order valence-electron chi connectivity index (χ0n) is 11.0. The molecule has 1 aromatic carbocycles. The number of carbonyl (C=O) groups excluding carboxylic acids is 1. The number of halogens is 2. The van der Waals surface area contributed by atoms with Gasteiger partial charge in [0.2, 0.25) is 5.91 Å². The molecule has 116 valence electrons. The second-order valence-corrected chi connectivity index (χ2v) is 4.31. The van der Waals surface area contributed by atoms with Gasteiger partial charge in [0.15, 0.2) is 0 Å². The Bertz CT molecular complexity index is 525. The van der Waals surface area contributed by atoms with Crippen molar-refractivity contribution in [2.24, 2.45) is 5.73 Å². The molecule has 0 saturated carbocycles. The third-order valence-corrected chi connectivity index (χ3v) is 2.77. The number of nitro groups is 1. The van der Waals surface area contributed by atoms with Gasteiger partial charge in [-0.25, -0.2) is 8.78 Å². The van der Waals surface area contributed by atoms with Crippen LogP contribution < -0.4 is 5.73 Å². The van der Waals surface area contributed by atoms with Gasteiger partial charge in [-0.3, -0.25) is 19.8 Å². The standard InChI is InChI=1S/C12H15F2N3O4/c13-11(14)7-16(3-4-18)6-9-2-1-8(12(15)19)5-10(9)17(20)21/h1-2,5,11,18H,3-4,6-7H2,(H2,15,19). The van der Waals surface area contributed by atoms with Crippen LogP contribution in [0, 0.1) is 10.1 Å². The van der Waals surface area contributed by atoms with Crippen LogP contribution in [0.5, 0.6) is 0 Å². The molecule has 3 N–H and O–H groups in total. The summed E-state index contributed by atoms with van der Waals surface area (Å²) in [6, 6.07) is 3.61. The molecule has 0 bridgehead atoms. The first kappa shape index (κ1) is 16.9. The molecule has 21 heavy (non-hydrogen) atoms. The minimum absolute atomic E-state index is 0.0342. The predicted molar refractivity (Wildman–Crippen MR) is 70.0 cm³/mol. The summed E-state index contributed by atoms with van der Waals surface area (Å²) in [5, 5.41) is 19.8. The largest absolute Gasteiger partial charge is 0.395 e. The van der Waals surface area contributed by atoms with E-state index in [1.807, 2.05) is 0 Å². The summed E-state index contributed by atoms with van der Waals surface area (Å²) >= 11 is 0. The Morgan fingerprint density at radius 3 is 2.62 bits per heavy atom. The number of primary amides is 1. The number of amides is 1. The third-order valence-electron chi connectivity index (χ3n) is 2.77. The average molecular weight is 303 g/mol. The second-order valence-electron chi connectivity index (χ2n) is 4.31. The molecule has 0 aromatic heterocycles. The van der Waals surface area contributed by atoms with Crippen LogP contribution in [0.4, 0.5) is 14.5 Å². The summed E-state index contributed by atoms with van der Waals surface area (Å²) in [5.74, 6) is -0.815. The Morgan fingerprint density at radius 2 is 2.14 bits per heavy atom. The van der Waals surface area contributed by atoms with Gasteiger partial charge in [0, 0.05) is 30.3 Å². The molecule has 0 aliphatic carbocycles. The quantitative estimate of drug-likeness (QED) is 0.544. The molecule has 7 nitrogen and oxygen atoms in total. The molecule has 0 spiro atoms. The monoisotopic (exact) mass is 303 g/mol. The fraction of sp³-hybridized carbons (Fsp3) is 0.417. The van der Waals surface area contributed by atoms with E-state index in [1.165, 1.54) is 17.0 Å². The van der Waals surface area contributed by atoms with E-state index in [4.69, 9.17) is 10.8 Å². The topological polar surface area (TPSA) is 110 Å². The van der Waals surface area contributed by atoms with Gasteiger partial charge in [0.25, 0.3) is 12.1 Å². The van der Waals surface area contributed by atoms with E-state index in [1.54, 1.807) is 0 Å². The maximum absolute atomic E-state index is 12.4. The Labute approximate surface area is 119 Å². The van der Waals surface area contributed by atoms with Crippen molar-refractivity contribution < 1.29 is 23.6 Å². The maximum atomic E-state index is 12.4. The number of rotatable bonds is 8. The number of hydrogen-bond donors (Lipinski definition) is 2. The molecule has 0 saturated heterocycles. The Kier molecular flexibility index (Phi) is 6.12. The van der Waals surface area contributed by atoms with Gasteiger partial charge in [-0.1, -0.05) is 6.07 Å². The summed E-state index contributed by atoms with van der Waals surface area (Å²) in [6.07, 6.45) is -2.62. The van der Waals surface area contributed by atoms with Crippen molar-refractivity contribution in [2.75, 3.05) is 19.7 Å². The molecule has 1 amide bonds. The van der Waals surface area contributed by atoms with Gasteiger partial charge in [0.1, 0.15) is 0 Å². The van der Waals surface area contributed by atoms with Crippen LogP contribution in [0.15, 0.2) is 18.2 Å². The lowest BCUT2D eigenvalue weighted by molar-refractivity contribution is -0.385. The van der Waals surface area contributed by atoms with E-state index in [-0.39, 0.29) is 36.5 Å². The highest BCUT2D eigenvalue weighted by molar-refractivity contribution is 5.93. The van der Waals surface area contributed by atoms with Crippen LogP contribution in [0.3, 0.4) is 0 Å². The zero-order valence-corrected chi connectivity index (χ0v) is 11.0. The van der Waals surface area contributed by atoms with Crippen LogP contribution in [-0.2, 0) is 6.54 Å². The number of aliphatic hydroxyl groups excluding tert-OH is 1. The molecule has 1 rings (SSSR count). The normalized spacial score (nSPS) is 11.1. The number of benzene rings is 1. The lowest BCUT2D eigenvalue weighted by Crippen LogP contribution is -2.31. The van der Waals surface area contributed by atoms with Crippen LogP contribution in [-0.4, -0.2) is 47.0 Å². The number of carbonyl (C=O) groups is 1. The lowest BCUT2D eigenvalue weighted by Gasteiger charge is -2.20. The van der Waals surface area contributed by atoms with Crippen molar-refractivity contribution in [3.8, 4) is 0 Å². The first-order chi connectivity index (χ1) is 9.85. The molecule has 9 heteroatoms. The Balaban J connectivity index is 3.04. The summed E-state index contributed by atoms with van der Waals surface area (Å²) < 4.78 is 24.8. The van der Waals surface area contributed by atoms with E-state index in [0.29, 0.717) is 0 Å². The maximum Gasteiger partial charge on any atom is 0.274 e. The summed E-state index contributed by atoms with van der Waals surface area (Å²) in [6.45, 7) is -1.14. The SMILES string of the molecule is NC(=O)c1ccc(CN(CCO)CC(F)F)c([N+](=O)[O-])c1. The fourth-order valence-electron chi connectivity index (χ4n) is 1.83. The number of nitro benzene ring substituents is 1. The van der Waals surface area contributed by atoms with Gasteiger partial charge in [-0.15, -0.1) is 0 Å². The van der Waals surface area contributed by atoms with Gasteiger partial charge < -0.3 is 10.8 Å². The van der Waals surface area contributed by atoms with Crippen molar-refractivity contribution in [1.29, 1.82) is 0 Å². The van der Waals surface area contributed by atoms with E-state index in [9.17, 15) is 23.7 Å². The third kappa shape index (κ3) is 5.04. The highest BCUT2D eigenvalue weighted by atomic mass is 19.3. The second kappa shape index (κ2) is 7.60. The van der Waals surface area contributed by atoms with Crippen LogP contribution in [0.1, 0.15) is 15.9 Å². The van der Waals surface area contributed by atoms with E-state index < -0.39 is 23.8 Å². The number of nitrogens with zero attached hydrogens (tertiary/aromatic N) is 2. The van der Waals surface area contributed by atoms with Crippen molar-refractivity contribution in [2.45, 2.75) is 13.0 Å². The molecular formula is C12H15F2N3O4. The van der Waals surface area contributed by atoms with E-state index in [0.717, 1.165) is 6.07 Å². The van der Waals surface area contributed by atoms with Crippen molar-refractivity contribution in [1.82, 2.24) is 4.90 Å². The Hall–Kier alpha value is -2.13. The highest BCUT2D eigenvalue weighted by Crippen LogP contribution is 2.22. The van der Waals surface area contributed by atoms with Crippen molar-refractivity contribution in [3.63, 3.8) is 0 Å². The minimum atomic E-state index is -2.62. The number of alkyl halides is 2. The summed E-state index contributed by atoms with van der Waals surface area (Å²) in [4.78, 5) is 22.5. The smallest absolute Gasteiger partial charge is 0.274 e. The fourth-order valence-corrected chi connectivity index (χ4v) is 1.83. The average Bonchev–Trinajstić information content (AvgIpc) is 2.38. The molecule has 0 fully saturated rings. The van der Waals surface area contributed by atoms with E-state index >= 15 is 0 Å². The van der Waals surface area contributed by atoms with E-state index in [2.05, 4.69) is 0 Å². The first-order valence-electron chi connectivity index (χ1n) is 6.03. The molecule has 0 aliphatic heterocycles. The van der Waals surface area contributed by atoms with Crippen molar-refractivity contribution in [3.05, 3.63) is 39.4 Å². The van der Waals surface area contributed by atoms with Gasteiger partial charge >= 0.3 is 0 Å². The van der Waals surface area contributed by atoms with Crippen molar-refractivity contribution >= 4 is 11.6 Å². The predicted octanol–water partition coefficient (Wildman–Crippen LogP) is 0.753. The van der Waals surface area contributed by atoms with Gasteiger partial charge in [-0.05, 0) is 6.07 Å². The first-order valence-corrected chi connectivity index (χ1v) is 6.03. The number of nitrogens with two attached hydrogens (primary N) is 1. The molecule has 0 aliphatic rings. The molecule has 0 unspecified atom stereocenters. The van der Waals surface area contributed by atoms with Crippen LogP contribution in [0.25, 0.3) is 0 Å². The van der Waals surface area contributed by atoms with Gasteiger partial charge in [-0.2, -0.15) is 0 Å². The summed E-state index contributed by atoms with van der Waals surface area (Å²) in [5.41, 5.74) is 4.80. The molecule has 0 atom stereocenters. The molecule has 1 aromatic rings. The van der Waals surface area contributed by atoms with Gasteiger partial charge in [0.05, 0.1) is 18.1 Å². The highest BCUT2D eigenvalue weighted by Gasteiger charge is 2.20. The zero-order chi connectivity index (χ0) is 16.0. The van der Waals surface area contributed by atoms with Crippen LogP contribution >= 0.6 is 0 Å². The number of hydrogen-bond acceptors (Lipinski definition) is 5. The minimum Gasteiger partial charge on any atom is -0.395 e. The molecule has 0 heterocycles.